The number of hydrogen-bond acceptors (Lipinski definition) is 1. The van der Waals surface area contributed by atoms with Gasteiger partial charge in [-0.1, -0.05) is 15.9 Å². The maximum atomic E-state index is 13.4. The van der Waals surface area contributed by atoms with Crippen LogP contribution in [-0.2, 0) is 6.42 Å². The summed E-state index contributed by atoms with van der Waals surface area (Å²) in [6.07, 6.45) is 1.19. The Morgan fingerprint density at radius 1 is 1.20 bits per heavy atom. The molecule has 0 spiro atoms. The van der Waals surface area contributed by atoms with E-state index in [9.17, 15) is 8.78 Å². The topological polar surface area (TPSA) is 3.24 Å². The summed E-state index contributed by atoms with van der Waals surface area (Å²) in [5, 5.41) is 0. The molecule has 84 valence electrons. The van der Waals surface area contributed by atoms with Crippen LogP contribution < -0.4 is 0 Å². The van der Waals surface area contributed by atoms with Crippen molar-refractivity contribution in [2.24, 2.45) is 0 Å². The molecule has 0 saturated carbocycles. The van der Waals surface area contributed by atoms with E-state index in [1.165, 1.54) is 12.1 Å². The molecule has 0 aliphatic rings. The van der Waals surface area contributed by atoms with E-state index in [-0.39, 0.29) is 5.56 Å². The smallest absolute Gasteiger partial charge is 0.130 e. The van der Waals surface area contributed by atoms with Crippen LogP contribution in [0, 0.1) is 11.6 Å². The average molecular weight is 278 g/mol. The monoisotopic (exact) mass is 277 g/mol. The lowest BCUT2D eigenvalue weighted by atomic mass is 10.1. The van der Waals surface area contributed by atoms with Crippen molar-refractivity contribution in [2.45, 2.75) is 12.8 Å². The van der Waals surface area contributed by atoms with Crippen LogP contribution in [0.4, 0.5) is 8.78 Å². The zero-order chi connectivity index (χ0) is 11.4. The van der Waals surface area contributed by atoms with Crippen molar-refractivity contribution >= 4 is 15.9 Å². The minimum Gasteiger partial charge on any atom is -0.309 e. The van der Waals surface area contributed by atoms with Crippen LogP contribution in [0.2, 0.25) is 0 Å². The van der Waals surface area contributed by atoms with E-state index in [4.69, 9.17) is 0 Å². The summed E-state index contributed by atoms with van der Waals surface area (Å²) in [4.78, 5) is 1.99. The molecule has 0 atom stereocenters. The van der Waals surface area contributed by atoms with Gasteiger partial charge in [-0.3, -0.25) is 0 Å². The molecule has 0 saturated heterocycles. The van der Waals surface area contributed by atoms with Crippen LogP contribution in [0.15, 0.2) is 16.6 Å². The number of benzene rings is 1. The summed E-state index contributed by atoms with van der Waals surface area (Å²) >= 11 is 3.05. The summed E-state index contributed by atoms with van der Waals surface area (Å²) in [6.45, 7) is 0.828. The Morgan fingerprint density at radius 2 is 1.73 bits per heavy atom. The fourth-order valence-electron chi connectivity index (χ4n) is 1.38. The minimum atomic E-state index is -0.472. The zero-order valence-electron chi connectivity index (χ0n) is 8.86. The van der Waals surface area contributed by atoms with E-state index in [0.717, 1.165) is 13.0 Å². The normalized spacial score (nSPS) is 11.1. The maximum absolute atomic E-state index is 13.4. The molecule has 15 heavy (non-hydrogen) atoms. The standard InChI is InChI=1S/C11H14BrF2N/c1-15(2)5-3-4-9-10(13)6-8(12)7-11(9)14/h6-7H,3-5H2,1-2H3. The number of rotatable bonds is 4. The first-order chi connectivity index (χ1) is 7.00. The average Bonchev–Trinajstić information content (AvgIpc) is 2.08. The van der Waals surface area contributed by atoms with Gasteiger partial charge in [-0.05, 0) is 45.6 Å². The molecule has 0 aromatic heterocycles. The van der Waals surface area contributed by atoms with E-state index >= 15 is 0 Å². The van der Waals surface area contributed by atoms with Crippen molar-refractivity contribution < 1.29 is 8.78 Å². The van der Waals surface area contributed by atoms with Gasteiger partial charge in [0.2, 0.25) is 0 Å². The molecule has 0 radical (unpaired) electrons. The lowest BCUT2D eigenvalue weighted by Crippen LogP contribution is -2.14. The van der Waals surface area contributed by atoms with Gasteiger partial charge >= 0.3 is 0 Å². The molecule has 0 N–H and O–H groups in total. The second-order valence-electron chi connectivity index (χ2n) is 3.75. The van der Waals surface area contributed by atoms with Gasteiger partial charge in [-0.15, -0.1) is 0 Å². The summed E-state index contributed by atoms with van der Waals surface area (Å²) in [5.74, 6) is -0.943. The van der Waals surface area contributed by atoms with Crippen molar-refractivity contribution in [1.82, 2.24) is 4.90 Å². The van der Waals surface area contributed by atoms with Gasteiger partial charge in [-0.2, -0.15) is 0 Å². The van der Waals surface area contributed by atoms with Gasteiger partial charge in [0.05, 0.1) is 0 Å². The lowest BCUT2D eigenvalue weighted by molar-refractivity contribution is 0.397. The van der Waals surface area contributed by atoms with Crippen LogP contribution in [0.1, 0.15) is 12.0 Å². The van der Waals surface area contributed by atoms with E-state index in [1.807, 2.05) is 19.0 Å². The number of hydrogen-bond donors (Lipinski definition) is 0. The molecule has 1 rings (SSSR count). The van der Waals surface area contributed by atoms with Crippen LogP contribution in [-0.4, -0.2) is 25.5 Å². The van der Waals surface area contributed by atoms with E-state index in [1.54, 1.807) is 0 Å². The van der Waals surface area contributed by atoms with Crippen molar-refractivity contribution in [3.05, 3.63) is 33.8 Å². The molecule has 1 aromatic rings. The van der Waals surface area contributed by atoms with Crippen LogP contribution in [0.3, 0.4) is 0 Å². The summed E-state index contributed by atoms with van der Waals surface area (Å²) in [6, 6.07) is 2.60. The molecule has 0 bridgehead atoms. The first-order valence-corrected chi connectivity index (χ1v) is 5.58. The second kappa shape index (κ2) is 5.56. The number of halogens is 3. The third-order valence-corrected chi connectivity index (χ3v) is 2.60. The lowest BCUT2D eigenvalue weighted by Gasteiger charge is -2.10. The molecule has 0 amide bonds. The fraction of sp³-hybridized carbons (Fsp3) is 0.455. The third-order valence-electron chi connectivity index (χ3n) is 2.14. The molecule has 0 fully saturated rings. The highest BCUT2D eigenvalue weighted by atomic mass is 79.9. The molecular formula is C11H14BrF2N. The van der Waals surface area contributed by atoms with Gasteiger partial charge < -0.3 is 4.90 Å². The van der Waals surface area contributed by atoms with Gasteiger partial charge in [0.1, 0.15) is 11.6 Å². The SMILES string of the molecule is CN(C)CCCc1c(F)cc(Br)cc1F. The van der Waals surface area contributed by atoms with Crippen LogP contribution >= 0.6 is 15.9 Å². The fourth-order valence-corrected chi connectivity index (χ4v) is 1.78. The molecule has 0 unspecified atom stereocenters. The number of nitrogens with zero attached hydrogens (tertiary/aromatic N) is 1. The van der Waals surface area contributed by atoms with Crippen LogP contribution in [0.5, 0.6) is 0 Å². The van der Waals surface area contributed by atoms with Gasteiger partial charge in [-0.25, -0.2) is 8.78 Å². The van der Waals surface area contributed by atoms with Crippen molar-refractivity contribution in [3.63, 3.8) is 0 Å². The molecule has 0 heterocycles. The molecule has 0 aliphatic heterocycles. The van der Waals surface area contributed by atoms with Crippen molar-refractivity contribution in [1.29, 1.82) is 0 Å². The largest absolute Gasteiger partial charge is 0.309 e. The Hall–Kier alpha value is -0.480. The van der Waals surface area contributed by atoms with E-state index in [0.29, 0.717) is 10.9 Å². The zero-order valence-corrected chi connectivity index (χ0v) is 10.4. The van der Waals surface area contributed by atoms with Crippen molar-refractivity contribution in [3.8, 4) is 0 Å². The van der Waals surface area contributed by atoms with Gasteiger partial charge in [0, 0.05) is 10.0 Å². The molecular weight excluding hydrogens is 264 g/mol. The van der Waals surface area contributed by atoms with Gasteiger partial charge in [0.15, 0.2) is 0 Å². The molecule has 4 heteroatoms. The van der Waals surface area contributed by atoms with Crippen molar-refractivity contribution in [2.75, 3.05) is 20.6 Å². The summed E-state index contributed by atoms with van der Waals surface area (Å²) in [5.41, 5.74) is 0.181. The highest BCUT2D eigenvalue weighted by molar-refractivity contribution is 9.10. The Balaban J connectivity index is 2.68. The Morgan fingerprint density at radius 3 is 2.20 bits per heavy atom. The maximum Gasteiger partial charge on any atom is 0.130 e. The molecule has 0 aliphatic carbocycles. The Labute approximate surface area is 97.2 Å². The molecule has 1 nitrogen and oxygen atoms in total. The Kier molecular flexibility index (Phi) is 4.67. The highest BCUT2D eigenvalue weighted by Gasteiger charge is 2.09. The minimum absolute atomic E-state index is 0.181. The highest BCUT2D eigenvalue weighted by Crippen LogP contribution is 2.20. The summed E-state index contributed by atoms with van der Waals surface area (Å²) < 4.78 is 27.1. The van der Waals surface area contributed by atoms with Gasteiger partial charge in [0.25, 0.3) is 0 Å². The summed E-state index contributed by atoms with van der Waals surface area (Å²) in [7, 11) is 3.88. The second-order valence-corrected chi connectivity index (χ2v) is 4.67. The van der Waals surface area contributed by atoms with E-state index < -0.39 is 11.6 Å². The molecule has 1 aromatic carbocycles. The van der Waals surface area contributed by atoms with E-state index in [2.05, 4.69) is 15.9 Å². The quantitative estimate of drug-likeness (QED) is 0.817. The predicted octanol–water partition coefficient (Wildman–Crippen LogP) is 3.22. The first kappa shape index (κ1) is 12.6. The van der Waals surface area contributed by atoms with Crippen LogP contribution in [0.25, 0.3) is 0 Å². The predicted molar refractivity (Wildman–Crippen MR) is 60.9 cm³/mol. The first-order valence-electron chi connectivity index (χ1n) is 4.79. The third kappa shape index (κ3) is 3.87. The Bertz CT molecular complexity index is 316.